The number of hydrogen-bond donors (Lipinski definition) is 4. The number of methoxy groups -OCH3 is 1. The average Bonchev–Trinajstić information content (AvgIpc) is 3.08. The van der Waals surface area contributed by atoms with Crippen molar-refractivity contribution in [3.63, 3.8) is 0 Å². The first kappa shape index (κ1) is 40.0. The van der Waals surface area contributed by atoms with Crippen LogP contribution in [0, 0.1) is 5.92 Å². The highest BCUT2D eigenvalue weighted by atomic mass is 32.2. The molecule has 3 rings (SSSR count). The maximum absolute atomic E-state index is 13.9. The van der Waals surface area contributed by atoms with E-state index in [-0.39, 0.29) is 30.5 Å². The molecule has 0 aliphatic carbocycles. The van der Waals surface area contributed by atoms with Crippen LogP contribution in [0.15, 0.2) is 89.8 Å². The standard InChI is InChI=1S/C37H51N5O7S/c1-26(2)24-42(50(46,47)31-21-19-29(38)20-22-31)30(25-49-35(44)37(3,4)39)18-12-13-23-40-34(43)33(41-36(45)48-5)32(27-14-8-6-9-15-27)28-16-10-7-11-17-28/h6-11,14-17,19-22,26,30,32-33H,12-13,18,23-25,38-39H2,1-5H3,(H,40,43)(H,41,45). The summed E-state index contributed by atoms with van der Waals surface area (Å²) in [5, 5.41) is 5.66. The highest BCUT2D eigenvalue weighted by Crippen LogP contribution is 2.29. The molecule has 6 N–H and O–H groups in total. The van der Waals surface area contributed by atoms with E-state index in [4.69, 9.17) is 20.9 Å². The number of hydrogen-bond acceptors (Lipinski definition) is 9. The fraction of sp³-hybridized carbons (Fsp3) is 0.432. The van der Waals surface area contributed by atoms with Crippen molar-refractivity contribution in [3.05, 3.63) is 96.1 Å². The highest BCUT2D eigenvalue weighted by molar-refractivity contribution is 7.89. The fourth-order valence-electron chi connectivity index (χ4n) is 5.46. The van der Waals surface area contributed by atoms with Gasteiger partial charge in [-0.15, -0.1) is 0 Å². The number of alkyl carbamates (subject to hydrolysis) is 1. The second-order valence-electron chi connectivity index (χ2n) is 13.2. The van der Waals surface area contributed by atoms with Gasteiger partial charge < -0.3 is 31.6 Å². The predicted octanol–water partition coefficient (Wildman–Crippen LogP) is 4.41. The van der Waals surface area contributed by atoms with E-state index in [2.05, 4.69) is 10.6 Å². The summed E-state index contributed by atoms with van der Waals surface area (Å²) in [6, 6.07) is 23.1. The minimum absolute atomic E-state index is 0.0385. The molecule has 0 aliphatic rings. The molecule has 3 aromatic carbocycles. The van der Waals surface area contributed by atoms with Crippen LogP contribution in [0.25, 0.3) is 0 Å². The van der Waals surface area contributed by atoms with Crippen molar-refractivity contribution in [3.8, 4) is 0 Å². The van der Waals surface area contributed by atoms with Gasteiger partial charge in [-0.3, -0.25) is 9.59 Å². The van der Waals surface area contributed by atoms with Crippen LogP contribution in [0.4, 0.5) is 10.5 Å². The topological polar surface area (TPSA) is 183 Å². The normalized spacial score (nSPS) is 13.1. The fourth-order valence-corrected chi connectivity index (χ4v) is 7.26. The van der Waals surface area contributed by atoms with Crippen LogP contribution in [0.1, 0.15) is 64.0 Å². The van der Waals surface area contributed by atoms with Gasteiger partial charge in [0.15, 0.2) is 0 Å². The van der Waals surface area contributed by atoms with E-state index >= 15 is 0 Å². The van der Waals surface area contributed by atoms with E-state index in [9.17, 15) is 22.8 Å². The Morgan fingerprint density at radius 3 is 1.94 bits per heavy atom. The molecule has 2 unspecified atom stereocenters. The zero-order valence-electron chi connectivity index (χ0n) is 29.5. The van der Waals surface area contributed by atoms with Crippen LogP contribution in [-0.4, -0.2) is 75.1 Å². The van der Waals surface area contributed by atoms with E-state index in [1.165, 1.54) is 49.5 Å². The minimum atomic E-state index is -4.01. The lowest BCUT2D eigenvalue weighted by Gasteiger charge is -2.32. The summed E-state index contributed by atoms with van der Waals surface area (Å²) in [5.74, 6) is -1.61. The number of anilines is 1. The molecule has 0 saturated carbocycles. The molecule has 0 fully saturated rings. The number of nitrogens with zero attached hydrogens (tertiary/aromatic N) is 1. The Morgan fingerprint density at radius 1 is 0.880 bits per heavy atom. The van der Waals surface area contributed by atoms with Gasteiger partial charge in [0.05, 0.1) is 18.0 Å². The lowest BCUT2D eigenvalue weighted by molar-refractivity contribution is -0.150. The van der Waals surface area contributed by atoms with Crippen LogP contribution >= 0.6 is 0 Å². The first-order chi connectivity index (χ1) is 23.6. The summed E-state index contributed by atoms with van der Waals surface area (Å²) >= 11 is 0. The largest absolute Gasteiger partial charge is 0.463 e. The molecule has 50 heavy (non-hydrogen) atoms. The van der Waals surface area contributed by atoms with Crippen LogP contribution in [0.3, 0.4) is 0 Å². The Kier molecular flexibility index (Phi) is 14.8. The first-order valence-electron chi connectivity index (χ1n) is 16.7. The molecule has 0 aromatic heterocycles. The number of sulfonamides is 1. The summed E-state index contributed by atoms with van der Waals surface area (Å²) in [6.07, 6.45) is 0.543. The Balaban J connectivity index is 1.80. The Hall–Kier alpha value is -4.46. The quantitative estimate of drug-likeness (QED) is 0.0845. The third-order valence-corrected chi connectivity index (χ3v) is 9.96. The molecule has 0 bridgehead atoms. The average molecular weight is 710 g/mol. The number of benzene rings is 3. The third kappa shape index (κ3) is 11.6. The Bertz CT molecular complexity index is 1590. The second kappa shape index (κ2) is 18.5. The number of nitrogens with two attached hydrogens (primary N) is 2. The number of nitrogens with one attached hydrogen (secondary N) is 2. The molecule has 0 aliphatic heterocycles. The van der Waals surface area contributed by atoms with E-state index < -0.39 is 51.5 Å². The van der Waals surface area contributed by atoms with Crippen molar-refractivity contribution < 1.29 is 32.3 Å². The van der Waals surface area contributed by atoms with Gasteiger partial charge in [-0.05, 0) is 74.4 Å². The van der Waals surface area contributed by atoms with Crippen LogP contribution < -0.4 is 22.1 Å². The third-order valence-electron chi connectivity index (χ3n) is 8.03. The highest BCUT2D eigenvalue weighted by Gasteiger charge is 2.35. The van der Waals surface area contributed by atoms with Gasteiger partial charge in [-0.1, -0.05) is 74.5 Å². The maximum Gasteiger partial charge on any atom is 0.407 e. The van der Waals surface area contributed by atoms with Gasteiger partial charge in [-0.2, -0.15) is 4.31 Å². The lowest BCUT2D eigenvalue weighted by Crippen LogP contribution is -2.50. The summed E-state index contributed by atoms with van der Waals surface area (Å²) in [7, 11) is -2.77. The zero-order valence-corrected chi connectivity index (χ0v) is 30.3. The molecule has 0 radical (unpaired) electrons. The summed E-state index contributed by atoms with van der Waals surface area (Å²) in [6.45, 7) is 7.07. The van der Waals surface area contributed by atoms with Crippen molar-refractivity contribution in [2.75, 3.05) is 32.5 Å². The van der Waals surface area contributed by atoms with Crippen molar-refractivity contribution in [2.24, 2.45) is 11.7 Å². The summed E-state index contributed by atoms with van der Waals surface area (Å²) < 4.78 is 39.7. The van der Waals surface area contributed by atoms with E-state index in [1.807, 2.05) is 74.5 Å². The zero-order chi connectivity index (χ0) is 36.9. The first-order valence-corrected chi connectivity index (χ1v) is 18.1. The Labute approximate surface area is 295 Å². The van der Waals surface area contributed by atoms with E-state index in [1.54, 1.807) is 0 Å². The molecular weight excluding hydrogens is 659 g/mol. The molecule has 2 atom stereocenters. The molecular formula is C37H51N5O7S. The van der Waals surface area contributed by atoms with Gasteiger partial charge in [0, 0.05) is 24.7 Å². The number of carbonyl (C=O) groups excluding carboxylic acids is 3. The van der Waals surface area contributed by atoms with Crippen molar-refractivity contribution in [1.29, 1.82) is 0 Å². The lowest BCUT2D eigenvalue weighted by atomic mass is 9.84. The molecule has 272 valence electrons. The number of esters is 1. The van der Waals surface area contributed by atoms with Gasteiger partial charge in [0.2, 0.25) is 15.9 Å². The van der Waals surface area contributed by atoms with Crippen LogP contribution in [-0.2, 0) is 29.1 Å². The number of amides is 2. The number of ether oxygens (including phenoxy) is 2. The molecule has 0 heterocycles. The summed E-state index contributed by atoms with van der Waals surface area (Å²) in [4.78, 5) is 38.9. The predicted molar refractivity (Wildman–Crippen MR) is 194 cm³/mol. The number of rotatable bonds is 18. The van der Waals surface area contributed by atoms with Crippen molar-refractivity contribution >= 4 is 33.7 Å². The van der Waals surface area contributed by atoms with Gasteiger partial charge in [-0.25, -0.2) is 13.2 Å². The van der Waals surface area contributed by atoms with E-state index in [0.29, 0.717) is 24.9 Å². The molecule has 2 amide bonds. The monoisotopic (exact) mass is 709 g/mol. The molecule has 3 aromatic rings. The van der Waals surface area contributed by atoms with Gasteiger partial charge in [0.1, 0.15) is 18.2 Å². The van der Waals surface area contributed by atoms with Gasteiger partial charge >= 0.3 is 12.1 Å². The van der Waals surface area contributed by atoms with E-state index in [0.717, 1.165) is 11.1 Å². The second-order valence-corrected chi connectivity index (χ2v) is 15.1. The molecule has 0 spiro atoms. The molecule has 0 saturated heterocycles. The Morgan fingerprint density at radius 2 is 1.44 bits per heavy atom. The minimum Gasteiger partial charge on any atom is -0.463 e. The van der Waals surface area contributed by atoms with Crippen LogP contribution in [0.2, 0.25) is 0 Å². The van der Waals surface area contributed by atoms with Crippen LogP contribution in [0.5, 0.6) is 0 Å². The summed E-state index contributed by atoms with van der Waals surface area (Å²) in [5.41, 5.74) is 12.6. The van der Waals surface area contributed by atoms with Gasteiger partial charge in [0.25, 0.3) is 0 Å². The molecule has 12 nitrogen and oxygen atoms in total. The molecule has 13 heteroatoms. The number of carbonyl (C=O) groups is 3. The van der Waals surface area contributed by atoms with Crippen molar-refractivity contribution in [2.45, 2.75) is 75.4 Å². The SMILES string of the molecule is COC(=O)NC(C(=O)NCCCCC(COC(=O)C(C)(C)N)N(CC(C)C)S(=O)(=O)c1ccc(N)cc1)C(c1ccccc1)c1ccccc1. The number of nitrogen functional groups attached to an aromatic ring is 1. The van der Waals surface area contributed by atoms with Crippen molar-refractivity contribution in [1.82, 2.24) is 14.9 Å². The number of unbranched alkanes of at least 4 members (excludes halogenated alkanes) is 1. The smallest absolute Gasteiger partial charge is 0.407 e. The maximum atomic E-state index is 13.9.